The molecular formula is C13H20N2O2. The van der Waals surface area contributed by atoms with Gasteiger partial charge in [-0.15, -0.1) is 0 Å². The van der Waals surface area contributed by atoms with Crippen LogP contribution in [0, 0.1) is 0 Å². The summed E-state index contributed by atoms with van der Waals surface area (Å²) in [6.07, 6.45) is 2.92. The molecule has 1 aromatic carbocycles. The minimum atomic E-state index is -0.0815. The number of carbonyl (C=O) groups is 1. The Balaban J connectivity index is 2.57. The van der Waals surface area contributed by atoms with Crippen LogP contribution in [0.1, 0.15) is 31.7 Å². The van der Waals surface area contributed by atoms with E-state index in [2.05, 4.69) is 5.32 Å². The summed E-state index contributed by atoms with van der Waals surface area (Å²) in [5, 5.41) is 12.3. The third-order valence-corrected chi connectivity index (χ3v) is 2.60. The molecule has 0 aromatic heterocycles. The third-order valence-electron chi connectivity index (χ3n) is 2.60. The number of anilines is 1. The maximum absolute atomic E-state index is 11.6. The SMILES string of the molecule is CCc1ccc(O)c(NC(=O)CCCCN)c1. The Bertz CT molecular complexity index is 378. The van der Waals surface area contributed by atoms with Crippen molar-refractivity contribution in [2.24, 2.45) is 5.73 Å². The molecule has 0 heterocycles. The molecule has 94 valence electrons. The normalized spacial score (nSPS) is 10.2. The smallest absolute Gasteiger partial charge is 0.224 e. The molecule has 4 heteroatoms. The fourth-order valence-electron chi connectivity index (χ4n) is 1.55. The molecule has 0 unspecified atom stereocenters. The Morgan fingerprint density at radius 3 is 2.82 bits per heavy atom. The fraction of sp³-hybridized carbons (Fsp3) is 0.462. The lowest BCUT2D eigenvalue weighted by Gasteiger charge is -2.08. The molecule has 0 aliphatic carbocycles. The maximum atomic E-state index is 11.6. The molecule has 0 saturated carbocycles. The molecule has 0 saturated heterocycles. The number of phenolic OH excluding ortho intramolecular Hbond substituents is 1. The van der Waals surface area contributed by atoms with Crippen LogP contribution >= 0.6 is 0 Å². The Hall–Kier alpha value is -1.55. The first kappa shape index (κ1) is 13.5. The molecule has 4 nitrogen and oxygen atoms in total. The van der Waals surface area contributed by atoms with Crippen LogP contribution in [0.2, 0.25) is 0 Å². The van der Waals surface area contributed by atoms with Crippen LogP contribution in [-0.4, -0.2) is 17.6 Å². The molecule has 1 rings (SSSR count). The van der Waals surface area contributed by atoms with Crippen molar-refractivity contribution in [1.29, 1.82) is 0 Å². The topological polar surface area (TPSA) is 75.3 Å². The zero-order chi connectivity index (χ0) is 12.7. The van der Waals surface area contributed by atoms with Crippen molar-refractivity contribution in [2.75, 3.05) is 11.9 Å². The van der Waals surface area contributed by atoms with Crippen molar-refractivity contribution >= 4 is 11.6 Å². The average Bonchev–Trinajstić information content (AvgIpc) is 2.32. The van der Waals surface area contributed by atoms with Crippen LogP contribution in [0.3, 0.4) is 0 Å². The van der Waals surface area contributed by atoms with Gasteiger partial charge in [-0.3, -0.25) is 4.79 Å². The van der Waals surface area contributed by atoms with Gasteiger partial charge in [0.15, 0.2) is 0 Å². The number of hydrogen-bond donors (Lipinski definition) is 3. The van der Waals surface area contributed by atoms with E-state index < -0.39 is 0 Å². The van der Waals surface area contributed by atoms with E-state index in [0.717, 1.165) is 24.8 Å². The number of aryl methyl sites for hydroxylation is 1. The molecule has 0 aliphatic heterocycles. The molecule has 1 aromatic rings. The zero-order valence-corrected chi connectivity index (χ0v) is 10.2. The second kappa shape index (κ2) is 6.91. The highest BCUT2D eigenvalue weighted by atomic mass is 16.3. The van der Waals surface area contributed by atoms with Gasteiger partial charge in [-0.25, -0.2) is 0 Å². The van der Waals surface area contributed by atoms with Gasteiger partial charge in [0.25, 0.3) is 0 Å². The number of unbranched alkanes of at least 4 members (excludes halogenated alkanes) is 1. The molecular weight excluding hydrogens is 216 g/mol. The summed E-state index contributed by atoms with van der Waals surface area (Å²) >= 11 is 0. The standard InChI is InChI=1S/C13H20N2O2/c1-2-10-6-7-12(16)11(9-10)15-13(17)5-3-4-8-14/h6-7,9,16H,2-5,8,14H2,1H3,(H,15,17). The summed E-state index contributed by atoms with van der Waals surface area (Å²) in [6, 6.07) is 5.25. The Morgan fingerprint density at radius 2 is 2.18 bits per heavy atom. The van der Waals surface area contributed by atoms with Crippen molar-refractivity contribution in [3.8, 4) is 5.75 Å². The van der Waals surface area contributed by atoms with E-state index in [9.17, 15) is 9.90 Å². The average molecular weight is 236 g/mol. The van der Waals surface area contributed by atoms with Crippen LogP contribution in [-0.2, 0) is 11.2 Å². The second-order valence-corrected chi connectivity index (χ2v) is 4.00. The molecule has 0 bridgehead atoms. The van der Waals surface area contributed by atoms with E-state index in [4.69, 9.17) is 5.73 Å². The summed E-state index contributed by atoms with van der Waals surface area (Å²) in [5.74, 6) is 0.0244. The van der Waals surface area contributed by atoms with Crippen molar-refractivity contribution in [3.63, 3.8) is 0 Å². The van der Waals surface area contributed by atoms with Crippen molar-refractivity contribution < 1.29 is 9.90 Å². The highest BCUT2D eigenvalue weighted by Crippen LogP contribution is 2.24. The van der Waals surface area contributed by atoms with Crippen molar-refractivity contribution in [2.45, 2.75) is 32.6 Å². The highest BCUT2D eigenvalue weighted by molar-refractivity contribution is 5.92. The van der Waals surface area contributed by atoms with Gasteiger partial charge >= 0.3 is 0 Å². The van der Waals surface area contributed by atoms with Crippen LogP contribution in [0.4, 0.5) is 5.69 Å². The van der Waals surface area contributed by atoms with Crippen LogP contribution < -0.4 is 11.1 Å². The minimum Gasteiger partial charge on any atom is -0.506 e. The highest BCUT2D eigenvalue weighted by Gasteiger charge is 2.06. The lowest BCUT2D eigenvalue weighted by atomic mass is 10.1. The largest absolute Gasteiger partial charge is 0.506 e. The summed E-state index contributed by atoms with van der Waals surface area (Å²) < 4.78 is 0. The Kier molecular flexibility index (Phi) is 5.49. The van der Waals surface area contributed by atoms with Gasteiger partial charge in [0.1, 0.15) is 5.75 Å². The molecule has 0 spiro atoms. The summed E-state index contributed by atoms with van der Waals surface area (Å²) in [5.41, 5.74) is 6.93. The van der Waals surface area contributed by atoms with Gasteiger partial charge in [0, 0.05) is 6.42 Å². The first-order valence-electron chi connectivity index (χ1n) is 5.99. The van der Waals surface area contributed by atoms with E-state index in [1.54, 1.807) is 12.1 Å². The van der Waals surface area contributed by atoms with E-state index in [1.165, 1.54) is 0 Å². The number of carbonyl (C=O) groups excluding carboxylic acids is 1. The lowest BCUT2D eigenvalue weighted by Crippen LogP contribution is -2.12. The Morgan fingerprint density at radius 1 is 1.41 bits per heavy atom. The quantitative estimate of drug-likeness (QED) is 0.522. The Labute approximate surface area is 102 Å². The van der Waals surface area contributed by atoms with Gasteiger partial charge in [-0.05, 0) is 43.5 Å². The number of amides is 1. The number of aromatic hydroxyl groups is 1. The monoisotopic (exact) mass is 236 g/mol. The molecule has 1 amide bonds. The molecule has 0 radical (unpaired) electrons. The molecule has 0 aliphatic rings. The summed E-state index contributed by atoms with van der Waals surface area (Å²) in [7, 11) is 0. The van der Waals surface area contributed by atoms with Gasteiger partial charge in [-0.2, -0.15) is 0 Å². The van der Waals surface area contributed by atoms with E-state index in [0.29, 0.717) is 18.7 Å². The van der Waals surface area contributed by atoms with Gasteiger partial charge < -0.3 is 16.2 Å². The van der Waals surface area contributed by atoms with Crippen LogP contribution in [0.5, 0.6) is 5.75 Å². The first-order chi connectivity index (χ1) is 8.17. The number of benzene rings is 1. The number of phenols is 1. The van der Waals surface area contributed by atoms with Crippen molar-refractivity contribution in [1.82, 2.24) is 0 Å². The number of nitrogens with one attached hydrogen (secondary N) is 1. The van der Waals surface area contributed by atoms with Gasteiger partial charge in [0.05, 0.1) is 5.69 Å². The number of hydrogen-bond acceptors (Lipinski definition) is 3. The predicted octanol–water partition coefficient (Wildman–Crippen LogP) is 2.02. The van der Waals surface area contributed by atoms with E-state index in [-0.39, 0.29) is 11.7 Å². The van der Waals surface area contributed by atoms with Crippen LogP contribution in [0.15, 0.2) is 18.2 Å². The number of rotatable bonds is 6. The predicted molar refractivity (Wildman–Crippen MR) is 69.0 cm³/mol. The first-order valence-corrected chi connectivity index (χ1v) is 5.99. The van der Waals surface area contributed by atoms with E-state index >= 15 is 0 Å². The van der Waals surface area contributed by atoms with Crippen LogP contribution in [0.25, 0.3) is 0 Å². The summed E-state index contributed by atoms with van der Waals surface area (Å²) in [4.78, 5) is 11.6. The maximum Gasteiger partial charge on any atom is 0.224 e. The zero-order valence-electron chi connectivity index (χ0n) is 10.2. The van der Waals surface area contributed by atoms with E-state index in [1.807, 2.05) is 13.0 Å². The molecule has 0 atom stereocenters. The van der Waals surface area contributed by atoms with Crippen molar-refractivity contribution in [3.05, 3.63) is 23.8 Å². The number of nitrogens with two attached hydrogens (primary N) is 1. The summed E-state index contributed by atoms with van der Waals surface area (Å²) in [6.45, 7) is 2.63. The van der Waals surface area contributed by atoms with Gasteiger partial charge in [-0.1, -0.05) is 13.0 Å². The molecule has 0 fully saturated rings. The minimum absolute atomic E-state index is 0.0815. The van der Waals surface area contributed by atoms with Gasteiger partial charge in [0.2, 0.25) is 5.91 Å². The third kappa shape index (κ3) is 4.44. The second-order valence-electron chi connectivity index (χ2n) is 4.00. The lowest BCUT2D eigenvalue weighted by molar-refractivity contribution is -0.116. The molecule has 4 N–H and O–H groups in total. The molecule has 17 heavy (non-hydrogen) atoms. The fourth-order valence-corrected chi connectivity index (χ4v) is 1.55.